The monoisotopic (exact) mass is 157 g/mol. The largest absolute Gasteiger partial charge is 0.394 e. The third-order valence-corrected chi connectivity index (χ3v) is 1.65. The molecule has 1 heterocycles. The Morgan fingerprint density at radius 1 is 1.91 bits per heavy atom. The molecular formula is C6H11N3O2. The zero-order valence-electron chi connectivity index (χ0n) is 6.32. The lowest BCUT2D eigenvalue weighted by atomic mass is 10.2. The fourth-order valence-corrected chi connectivity index (χ4v) is 0.930. The summed E-state index contributed by atoms with van der Waals surface area (Å²) < 4.78 is 1.39. The highest BCUT2D eigenvalue weighted by Crippen LogP contribution is 2.04. The molecule has 1 unspecified atom stereocenters. The number of aromatic amines is 1. The van der Waals surface area contributed by atoms with E-state index < -0.39 is 0 Å². The molecule has 5 heteroatoms. The van der Waals surface area contributed by atoms with Crippen molar-refractivity contribution in [2.45, 2.75) is 19.4 Å². The van der Waals surface area contributed by atoms with Crippen LogP contribution >= 0.6 is 0 Å². The number of nitrogens with zero attached hydrogens (tertiary/aromatic N) is 2. The van der Waals surface area contributed by atoms with Crippen molar-refractivity contribution in [3.63, 3.8) is 0 Å². The molecule has 0 aromatic carbocycles. The van der Waals surface area contributed by atoms with Gasteiger partial charge in [0, 0.05) is 0 Å². The van der Waals surface area contributed by atoms with Crippen molar-refractivity contribution in [3.05, 3.63) is 16.8 Å². The van der Waals surface area contributed by atoms with E-state index >= 15 is 0 Å². The smallest absolute Gasteiger partial charge is 0.343 e. The standard InChI is InChI=1S/C6H11N3O2/c1-2-5(3-10)9-4-7-8-6(9)11/h4-5,10H,2-3H2,1H3,(H,8,11). The number of rotatable bonds is 3. The predicted molar refractivity (Wildman–Crippen MR) is 39.3 cm³/mol. The molecule has 1 aromatic rings. The van der Waals surface area contributed by atoms with Gasteiger partial charge in [-0.25, -0.2) is 9.89 Å². The van der Waals surface area contributed by atoms with Gasteiger partial charge in [-0.1, -0.05) is 6.92 Å². The number of aliphatic hydroxyl groups excluding tert-OH is 1. The van der Waals surface area contributed by atoms with Crippen LogP contribution in [0.15, 0.2) is 11.1 Å². The van der Waals surface area contributed by atoms with Gasteiger partial charge in [-0.05, 0) is 6.42 Å². The van der Waals surface area contributed by atoms with Gasteiger partial charge in [0.05, 0.1) is 12.6 Å². The van der Waals surface area contributed by atoms with E-state index in [0.29, 0.717) is 0 Å². The van der Waals surface area contributed by atoms with Crippen LogP contribution in [-0.4, -0.2) is 26.5 Å². The van der Waals surface area contributed by atoms with E-state index in [0.717, 1.165) is 6.42 Å². The number of nitrogens with one attached hydrogen (secondary N) is 1. The van der Waals surface area contributed by atoms with Gasteiger partial charge in [0.2, 0.25) is 0 Å². The van der Waals surface area contributed by atoms with Crippen molar-refractivity contribution < 1.29 is 5.11 Å². The summed E-state index contributed by atoms with van der Waals surface area (Å²) in [6.45, 7) is 1.87. The van der Waals surface area contributed by atoms with Crippen LogP contribution in [0.2, 0.25) is 0 Å². The SMILES string of the molecule is CCC(CO)n1cn[nH]c1=O. The molecule has 0 spiro atoms. The van der Waals surface area contributed by atoms with Crippen molar-refractivity contribution in [3.8, 4) is 0 Å². The summed E-state index contributed by atoms with van der Waals surface area (Å²) in [5.74, 6) is 0. The molecule has 0 aliphatic carbocycles. The van der Waals surface area contributed by atoms with Crippen LogP contribution in [0.1, 0.15) is 19.4 Å². The van der Waals surface area contributed by atoms with Crippen LogP contribution in [0.5, 0.6) is 0 Å². The molecule has 5 nitrogen and oxygen atoms in total. The summed E-state index contributed by atoms with van der Waals surface area (Å²) in [5.41, 5.74) is -0.272. The molecule has 2 N–H and O–H groups in total. The fraction of sp³-hybridized carbons (Fsp3) is 0.667. The molecule has 0 radical (unpaired) electrons. The molecule has 11 heavy (non-hydrogen) atoms. The highest BCUT2D eigenvalue weighted by atomic mass is 16.3. The maximum Gasteiger partial charge on any atom is 0.343 e. The minimum absolute atomic E-state index is 0.0318. The van der Waals surface area contributed by atoms with Crippen molar-refractivity contribution >= 4 is 0 Å². The Balaban J connectivity index is 2.90. The molecular weight excluding hydrogens is 146 g/mol. The minimum Gasteiger partial charge on any atom is -0.394 e. The Hall–Kier alpha value is -1.10. The first-order chi connectivity index (χ1) is 5.29. The highest BCUT2D eigenvalue weighted by molar-refractivity contribution is 4.71. The Labute approximate surface area is 63.7 Å². The first-order valence-electron chi connectivity index (χ1n) is 3.52. The molecule has 62 valence electrons. The second-order valence-electron chi connectivity index (χ2n) is 2.31. The molecule has 0 amide bonds. The van der Waals surface area contributed by atoms with Gasteiger partial charge in [0.15, 0.2) is 0 Å². The summed E-state index contributed by atoms with van der Waals surface area (Å²) in [4.78, 5) is 10.9. The average Bonchev–Trinajstić information content (AvgIpc) is 2.40. The normalized spacial score (nSPS) is 13.3. The molecule has 0 fully saturated rings. The third kappa shape index (κ3) is 1.48. The number of aliphatic hydroxyl groups is 1. The summed E-state index contributed by atoms with van der Waals surface area (Å²) in [5, 5.41) is 14.6. The first-order valence-corrected chi connectivity index (χ1v) is 3.52. The predicted octanol–water partition coefficient (Wildman–Crippen LogP) is -0.485. The van der Waals surface area contributed by atoms with Crippen LogP contribution in [0.25, 0.3) is 0 Å². The van der Waals surface area contributed by atoms with Gasteiger partial charge in [-0.2, -0.15) is 5.10 Å². The summed E-state index contributed by atoms with van der Waals surface area (Å²) in [7, 11) is 0. The molecule has 0 aliphatic heterocycles. The second kappa shape index (κ2) is 3.34. The van der Waals surface area contributed by atoms with Crippen LogP contribution in [0.3, 0.4) is 0 Å². The van der Waals surface area contributed by atoms with E-state index in [9.17, 15) is 4.79 Å². The fourth-order valence-electron chi connectivity index (χ4n) is 0.930. The summed E-state index contributed by atoms with van der Waals surface area (Å²) in [6.07, 6.45) is 2.11. The summed E-state index contributed by atoms with van der Waals surface area (Å²) >= 11 is 0. The Morgan fingerprint density at radius 2 is 2.64 bits per heavy atom. The van der Waals surface area contributed by atoms with Gasteiger partial charge in [-0.3, -0.25) is 4.57 Å². The zero-order valence-corrected chi connectivity index (χ0v) is 6.32. The number of H-pyrrole nitrogens is 1. The molecule has 0 saturated heterocycles. The van der Waals surface area contributed by atoms with Crippen molar-refractivity contribution in [2.24, 2.45) is 0 Å². The third-order valence-electron chi connectivity index (χ3n) is 1.65. The van der Waals surface area contributed by atoms with E-state index in [1.165, 1.54) is 10.9 Å². The molecule has 0 saturated carbocycles. The Kier molecular flexibility index (Phi) is 2.43. The van der Waals surface area contributed by atoms with Gasteiger partial charge in [0.25, 0.3) is 0 Å². The summed E-state index contributed by atoms with van der Waals surface area (Å²) in [6, 6.07) is -0.152. The quantitative estimate of drug-likeness (QED) is 0.622. The number of aromatic nitrogens is 3. The number of hydrogen-bond acceptors (Lipinski definition) is 3. The molecule has 1 rings (SSSR count). The van der Waals surface area contributed by atoms with Crippen molar-refractivity contribution in [1.29, 1.82) is 0 Å². The lowest BCUT2D eigenvalue weighted by molar-refractivity contribution is 0.222. The first kappa shape index (κ1) is 8.00. The second-order valence-corrected chi connectivity index (χ2v) is 2.31. The van der Waals surface area contributed by atoms with Gasteiger partial charge < -0.3 is 5.11 Å². The van der Waals surface area contributed by atoms with Crippen molar-refractivity contribution in [2.75, 3.05) is 6.61 Å². The Bertz CT molecular complexity index is 261. The van der Waals surface area contributed by atoms with Crippen LogP contribution in [0, 0.1) is 0 Å². The number of hydrogen-bond donors (Lipinski definition) is 2. The molecule has 1 aromatic heterocycles. The van der Waals surface area contributed by atoms with E-state index in [4.69, 9.17) is 5.11 Å². The van der Waals surface area contributed by atoms with Gasteiger partial charge in [0.1, 0.15) is 6.33 Å². The van der Waals surface area contributed by atoms with E-state index in [-0.39, 0.29) is 18.3 Å². The average molecular weight is 157 g/mol. The molecule has 0 aliphatic rings. The minimum atomic E-state index is -0.272. The van der Waals surface area contributed by atoms with E-state index in [1.54, 1.807) is 0 Å². The van der Waals surface area contributed by atoms with Crippen LogP contribution < -0.4 is 5.69 Å². The Morgan fingerprint density at radius 3 is 3.00 bits per heavy atom. The van der Waals surface area contributed by atoms with Gasteiger partial charge >= 0.3 is 5.69 Å². The molecule has 0 bridgehead atoms. The topological polar surface area (TPSA) is 70.9 Å². The molecule has 1 atom stereocenters. The zero-order chi connectivity index (χ0) is 8.27. The maximum atomic E-state index is 10.9. The lowest BCUT2D eigenvalue weighted by Gasteiger charge is -2.09. The van der Waals surface area contributed by atoms with Crippen molar-refractivity contribution in [1.82, 2.24) is 14.8 Å². The van der Waals surface area contributed by atoms with E-state index in [2.05, 4.69) is 10.2 Å². The highest BCUT2D eigenvalue weighted by Gasteiger charge is 2.08. The van der Waals surface area contributed by atoms with Gasteiger partial charge in [-0.15, -0.1) is 0 Å². The van der Waals surface area contributed by atoms with Crippen LogP contribution in [-0.2, 0) is 0 Å². The van der Waals surface area contributed by atoms with E-state index in [1.807, 2.05) is 6.92 Å². The lowest BCUT2D eigenvalue weighted by Crippen LogP contribution is -2.23. The maximum absolute atomic E-state index is 10.9. The van der Waals surface area contributed by atoms with Crippen LogP contribution in [0.4, 0.5) is 0 Å².